The first-order valence-corrected chi connectivity index (χ1v) is 6.91. The molecule has 1 aromatic carbocycles. The number of nitrogens with one attached hydrogen (secondary N) is 1. The highest BCUT2D eigenvalue weighted by atomic mass is 19.1. The van der Waals surface area contributed by atoms with Gasteiger partial charge in [-0.15, -0.1) is 0 Å². The number of hydrogen-bond donors (Lipinski definition) is 1. The quantitative estimate of drug-likeness (QED) is 0.890. The van der Waals surface area contributed by atoms with Crippen molar-refractivity contribution in [2.24, 2.45) is 5.92 Å². The van der Waals surface area contributed by atoms with Crippen LogP contribution in [0.1, 0.15) is 31.1 Å². The normalized spacial score (nSPS) is 12.9. The van der Waals surface area contributed by atoms with E-state index in [1.54, 1.807) is 0 Å². The fourth-order valence-corrected chi connectivity index (χ4v) is 2.20. The van der Waals surface area contributed by atoms with Crippen LogP contribution in [0, 0.1) is 17.6 Å². The topological polar surface area (TPSA) is 51.0 Å². The van der Waals surface area contributed by atoms with Crippen LogP contribution in [0.3, 0.4) is 0 Å². The largest absolute Gasteiger partial charge is 0.339 e. The van der Waals surface area contributed by atoms with Crippen LogP contribution in [0.4, 0.5) is 8.78 Å². The molecule has 2 aromatic rings. The van der Waals surface area contributed by atoms with Gasteiger partial charge in [-0.25, -0.2) is 8.78 Å². The highest BCUT2D eigenvalue weighted by Gasteiger charge is 2.16. The van der Waals surface area contributed by atoms with E-state index in [9.17, 15) is 8.78 Å². The van der Waals surface area contributed by atoms with Crippen molar-refractivity contribution in [1.82, 2.24) is 15.5 Å². The Morgan fingerprint density at radius 3 is 2.43 bits per heavy atom. The summed E-state index contributed by atoms with van der Waals surface area (Å²) in [5, 5.41) is 7.06. The second kappa shape index (κ2) is 6.76. The third-order valence-corrected chi connectivity index (χ3v) is 3.36. The molecule has 1 aromatic heterocycles. The molecule has 1 N–H and O–H groups in total. The summed E-state index contributed by atoms with van der Waals surface area (Å²) in [5.41, 5.74) is 0.480. The molecule has 0 saturated carbocycles. The molecule has 0 spiro atoms. The Morgan fingerprint density at radius 1 is 1.19 bits per heavy atom. The Bertz CT molecular complexity index is 578. The maximum absolute atomic E-state index is 13.1. The van der Waals surface area contributed by atoms with E-state index in [1.165, 1.54) is 12.1 Å². The molecule has 6 heteroatoms. The first-order chi connectivity index (χ1) is 9.97. The molecule has 0 aliphatic carbocycles. The molecule has 1 atom stereocenters. The zero-order chi connectivity index (χ0) is 15.4. The summed E-state index contributed by atoms with van der Waals surface area (Å²) in [6.07, 6.45) is 0.864. The van der Waals surface area contributed by atoms with E-state index >= 15 is 0 Å². The second-order valence-electron chi connectivity index (χ2n) is 5.40. The third kappa shape index (κ3) is 4.32. The molecule has 0 radical (unpaired) electrons. The van der Waals surface area contributed by atoms with Gasteiger partial charge in [0.15, 0.2) is 5.82 Å². The van der Waals surface area contributed by atoms with Gasteiger partial charge in [0.05, 0.1) is 0 Å². The van der Waals surface area contributed by atoms with Crippen LogP contribution in [-0.2, 0) is 12.8 Å². The molecule has 0 amide bonds. The summed E-state index contributed by atoms with van der Waals surface area (Å²) in [6.45, 7) is 4.21. The summed E-state index contributed by atoms with van der Waals surface area (Å²) in [7, 11) is 1.89. The fourth-order valence-electron chi connectivity index (χ4n) is 2.20. The molecule has 0 fully saturated rings. The van der Waals surface area contributed by atoms with Crippen LogP contribution in [0.25, 0.3) is 0 Å². The lowest BCUT2D eigenvalue weighted by Gasteiger charge is -2.17. The summed E-state index contributed by atoms with van der Waals surface area (Å²) >= 11 is 0. The van der Waals surface area contributed by atoms with E-state index in [0.29, 0.717) is 29.6 Å². The molecule has 0 bridgehead atoms. The first kappa shape index (κ1) is 15.6. The molecular weight excluding hydrogens is 276 g/mol. The Labute approximate surface area is 122 Å². The van der Waals surface area contributed by atoms with Crippen LogP contribution in [-0.4, -0.2) is 23.2 Å². The Hall–Kier alpha value is -1.82. The minimum Gasteiger partial charge on any atom is -0.339 e. The minimum atomic E-state index is -0.608. The van der Waals surface area contributed by atoms with E-state index in [-0.39, 0.29) is 12.5 Å². The molecule has 0 aliphatic rings. The van der Waals surface area contributed by atoms with Crippen molar-refractivity contribution in [3.8, 4) is 0 Å². The summed E-state index contributed by atoms with van der Waals surface area (Å²) in [5.74, 6) is 0.166. The second-order valence-corrected chi connectivity index (χ2v) is 5.40. The smallest absolute Gasteiger partial charge is 0.228 e. The van der Waals surface area contributed by atoms with Crippen molar-refractivity contribution in [2.45, 2.75) is 32.7 Å². The van der Waals surface area contributed by atoms with Crippen molar-refractivity contribution in [2.75, 3.05) is 7.05 Å². The molecule has 4 nitrogen and oxygen atoms in total. The molecule has 0 saturated heterocycles. The number of nitrogens with zero attached hydrogens (tertiary/aromatic N) is 2. The number of hydrogen-bond acceptors (Lipinski definition) is 4. The molecule has 21 heavy (non-hydrogen) atoms. The predicted molar refractivity (Wildman–Crippen MR) is 74.9 cm³/mol. The van der Waals surface area contributed by atoms with Crippen molar-refractivity contribution in [3.63, 3.8) is 0 Å². The van der Waals surface area contributed by atoms with Crippen LogP contribution in [0.5, 0.6) is 0 Å². The highest BCUT2D eigenvalue weighted by molar-refractivity contribution is 5.21. The maximum Gasteiger partial charge on any atom is 0.228 e. The minimum absolute atomic E-state index is 0.240. The van der Waals surface area contributed by atoms with Gasteiger partial charge < -0.3 is 9.84 Å². The van der Waals surface area contributed by atoms with Gasteiger partial charge in [-0.1, -0.05) is 19.0 Å². The third-order valence-electron chi connectivity index (χ3n) is 3.36. The zero-order valence-corrected chi connectivity index (χ0v) is 12.4. The number of halogens is 2. The molecular formula is C15H19F2N3O. The zero-order valence-electron chi connectivity index (χ0n) is 12.4. The predicted octanol–water partition coefficient (Wildman–Crippen LogP) is 2.73. The lowest BCUT2D eigenvalue weighted by molar-refractivity contribution is 0.333. The van der Waals surface area contributed by atoms with Crippen LogP contribution in [0.15, 0.2) is 22.7 Å². The Balaban J connectivity index is 2.06. The molecule has 1 heterocycles. The van der Waals surface area contributed by atoms with Crippen molar-refractivity contribution >= 4 is 0 Å². The van der Waals surface area contributed by atoms with Crippen molar-refractivity contribution in [3.05, 3.63) is 47.1 Å². The van der Waals surface area contributed by atoms with Crippen LogP contribution >= 0.6 is 0 Å². The van der Waals surface area contributed by atoms with Gasteiger partial charge in [-0.05, 0) is 30.7 Å². The molecule has 1 unspecified atom stereocenters. The SMILES string of the molecule is CNC(Cc1nc(Cc2cc(F)cc(F)c2)no1)C(C)C. The summed E-state index contributed by atoms with van der Waals surface area (Å²) < 4.78 is 31.5. The lowest BCUT2D eigenvalue weighted by atomic mass is 10.0. The van der Waals surface area contributed by atoms with Gasteiger partial charge in [-0.3, -0.25) is 0 Å². The molecule has 114 valence electrons. The van der Waals surface area contributed by atoms with E-state index in [0.717, 1.165) is 6.07 Å². The average molecular weight is 295 g/mol. The van der Waals surface area contributed by atoms with Gasteiger partial charge in [0.1, 0.15) is 11.6 Å². The van der Waals surface area contributed by atoms with E-state index in [4.69, 9.17) is 4.52 Å². The van der Waals surface area contributed by atoms with E-state index in [2.05, 4.69) is 29.3 Å². The monoisotopic (exact) mass is 295 g/mol. The first-order valence-electron chi connectivity index (χ1n) is 6.91. The van der Waals surface area contributed by atoms with Crippen LogP contribution < -0.4 is 5.32 Å². The number of aromatic nitrogens is 2. The van der Waals surface area contributed by atoms with Gasteiger partial charge >= 0.3 is 0 Å². The summed E-state index contributed by atoms with van der Waals surface area (Å²) in [4.78, 5) is 4.27. The van der Waals surface area contributed by atoms with Gasteiger partial charge in [0.25, 0.3) is 0 Å². The number of rotatable bonds is 6. The Morgan fingerprint density at radius 2 is 1.86 bits per heavy atom. The summed E-state index contributed by atoms with van der Waals surface area (Å²) in [6, 6.07) is 3.61. The van der Waals surface area contributed by atoms with Gasteiger partial charge in [-0.2, -0.15) is 4.98 Å². The van der Waals surface area contributed by atoms with E-state index < -0.39 is 11.6 Å². The fraction of sp³-hybridized carbons (Fsp3) is 0.467. The van der Waals surface area contributed by atoms with E-state index in [1.807, 2.05) is 7.05 Å². The maximum atomic E-state index is 13.1. The standard InChI is InChI=1S/C15H19F2N3O/c1-9(2)13(18-3)8-15-19-14(20-21-15)6-10-4-11(16)7-12(17)5-10/h4-5,7,9,13,18H,6,8H2,1-3H3. The lowest BCUT2D eigenvalue weighted by Crippen LogP contribution is -2.32. The highest BCUT2D eigenvalue weighted by Crippen LogP contribution is 2.13. The molecule has 0 aliphatic heterocycles. The van der Waals surface area contributed by atoms with Crippen molar-refractivity contribution in [1.29, 1.82) is 0 Å². The van der Waals surface area contributed by atoms with Gasteiger partial charge in [0.2, 0.25) is 5.89 Å². The number of benzene rings is 1. The Kier molecular flexibility index (Phi) is 5.01. The average Bonchev–Trinajstić information content (AvgIpc) is 2.81. The van der Waals surface area contributed by atoms with Crippen LogP contribution in [0.2, 0.25) is 0 Å². The van der Waals surface area contributed by atoms with Gasteiger partial charge in [0, 0.05) is 24.9 Å². The molecule has 2 rings (SSSR count). The number of likely N-dealkylation sites (N-methyl/N-ethyl adjacent to an activating group) is 1. The van der Waals surface area contributed by atoms with Crippen molar-refractivity contribution < 1.29 is 13.3 Å².